The van der Waals surface area contributed by atoms with Gasteiger partial charge in [-0.3, -0.25) is 0 Å². The Kier molecular flexibility index (Phi) is 4.76. The highest BCUT2D eigenvalue weighted by Gasteiger charge is 2.54. The second-order valence-electron chi connectivity index (χ2n) is 8.87. The second kappa shape index (κ2) is 7.43. The van der Waals surface area contributed by atoms with E-state index in [4.69, 9.17) is 0 Å². The summed E-state index contributed by atoms with van der Waals surface area (Å²) in [6.07, 6.45) is 11.6. The zero-order chi connectivity index (χ0) is 19.8. The molecule has 1 spiro atoms. The first-order valence-electron chi connectivity index (χ1n) is 10.9. The highest BCUT2D eigenvalue weighted by atomic mass is 19.1. The number of amides is 2. The quantitative estimate of drug-likeness (QED) is 0.792. The summed E-state index contributed by atoms with van der Waals surface area (Å²) in [5, 5.41) is 14.4. The molecule has 3 aliphatic rings. The number of carbonyl (C=O) groups excluding carboxylic acids is 1. The molecule has 2 N–H and O–H groups in total. The highest BCUT2D eigenvalue weighted by molar-refractivity contribution is 5.90. The fourth-order valence-electron chi connectivity index (χ4n) is 5.14. The first kappa shape index (κ1) is 18.6. The predicted molar refractivity (Wildman–Crippen MR) is 109 cm³/mol. The Hall–Kier alpha value is -2.44. The van der Waals surface area contributed by atoms with Crippen molar-refractivity contribution in [3.63, 3.8) is 0 Å². The number of carbonyl (C=O) groups is 1. The maximum absolute atomic E-state index is 14.4. The molecule has 154 valence electrons. The van der Waals surface area contributed by atoms with Gasteiger partial charge >= 0.3 is 6.03 Å². The van der Waals surface area contributed by atoms with Crippen molar-refractivity contribution in [1.82, 2.24) is 20.1 Å². The summed E-state index contributed by atoms with van der Waals surface area (Å²) in [4.78, 5) is 12.5. The lowest BCUT2D eigenvalue weighted by Gasteiger charge is -2.22. The van der Waals surface area contributed by atoms with Crippen molar-refractivity contribution in [2.75, 3.05) is 5.32 Å². The van der Waals surface area contributed by atoms with E-state index in [0.29, 0.717) is 5.41 Å². The summed E-state index contributed by atoms with van der Waals surface area (Å²) in [6.45, 7) is 0.877. The fraction of sp³-hybridized carbons (Fsp3) is 0.591. The molecule has 2 heterocycles. The minimum absolute atomic E-state index is 0.185. The molecular weight excluding hydrogens is 369 g/mol. The van der Waals surface area contributed by atoms with Gasteiger partial charge in [0, 0.05) is 24.6 Å². The topological polar surface area (TPSA) is 71.8 Å². The maximum Gasteiger partial charge on any atom is 0.319 e. The van der Waals surface area contributed by atoms with Crippen LogP contribution in [0.1, 0.15) is 63.6 Å². The van der Waals surface area contributed by atoms with Crippen LogP contribution in [0.4, 0.5) is 14.9 Å². The van der Waals surface area contributed by atoms with Crippen molar-refractivity contribution in [3.05, 3.63) is 29.8 Å². The van der Waals surface area contributed by atoms with Gasteiger partial charge in [-0.05, 0) is 55.7 Å². The highest BCUT2D eigenvalue weighted by Crippen LogP contribution is 2.56. The van der Waals surface area contributed by atoms with E-state index in [1.807, 2.05) is 0 Å². The lowest BCUT2D eigenvalue weighted by Crippen LogP contribution is -2.34. The number of fused-ring (bicyclic) bond motifs is 1. The fourth-order valence-corrected chi connectivity index (χ4v) is 5.14. The summed E-state index contributed by atoms with van der Waals surface area (Å²) < 4.78 is 16.5. The van der Waals surface area contributed by atoms with E-state index < -0.39 is 5.82 Å². The minimum Gasteiger partial charge on any atom is -0.335 e. The van der Waals surface area contributed by atoms with Gasteiger partial charge in [0.2, 0.25) is 0 Å². The van der Waals surface area contributed by atoms with Crippen LogP contribution >= 0.6 is 0 Å². The van der Waals surface area contributed by atoms with Crippen LogP contribution in [0, 0.1) is 11.2 Å². The van der Waals surface area contributed by atoms with E-state index in [1.54, 1.807) is 12.1 Å². The van der Waals surface area contributed by atoms with Crippen molar-refractivity contribution in [2.24, 2.45) is 5.41 Å². The third-order valence-corrected chi connectivity index (χ3v) is 6.93. The first-order chi connectivity index (χ1) is 14.1. The van der Waals surface area contributed by atoms with Crippen LogP contribution in [-0.2, 0) is 13.0 Å². The molecule has 0 saturated heterocycles. The van der Waals surface area contributed by atoms with Gasteiger partial charge in [0.25, 0.3) is 0 Å². The van der Waals surface area contributed by atoms with Gasteiger partial charge in [-0.2, -0.15) is 0 Å². The number of hydrogen-bond acceptors (Lipinski definition) is 3. The van der Waals surface area contributed by atoms with E-state index in [0.717, 1.165) is 49.4 Å². The molecule has 2 aliphatic carbocycles. The van der Waals surface area contributed by atoms with E-state index in [-0.39, 0.29) is 17.8 Å². The molecule has 6 nitrogen and oxygen atoms in total. The third-order valence-electron chi connectivity index (χ3n) is 6.93. The van der Waals surface area contributed by atoms with Gasteiger partial charge in [-0.1, -0.05) is 25.7 Å². The number of hydrogen-bond donors (Lipinski definition) is 2. The average Bonchev–Trinajstić information content (AvgIpc) is 3.29. The summed E-state index contributed by atoms with van der Waals surface area (Å²) in [7, 11) is 0. The molecule has 7 heteroatoms. The molecule has 2 amide bonds. The second-order valence-corrected chi connectivity index (χ2v) is 8.87. The summed E-state index contributed by atoms with van der Waals surface area (Å²) in [6, 6.07) is 4.66. The number of benzene rings is 1. The summed E-state index contributed by atoms with van der Waals surface area (Å²) in [5.41, 5.74) is 1.26. The first-order valence-corrected chi connectivity index (χ1v) is 10.9. The zero-order valence-electron chi connectivity index (χ0n) is 16.7. The van der Waals surface area contributed by atoms with Crippen molar-refractivity contribution < 1.29 is 9.18 Å². The third kappa shape index (κ3) is 3.63. The molecule has 2 saturated carbocycles. The molecule has 1 atom stereocenters. The van der Waals surface area contributed by atoms with Crippen molar-refractivity contribution in [2.45, 2.75) is 76.8 Å². The summed E-state index contributed by atoms with van der Waals surface area (Å²) in [5.74, 6) is 1.29. The monoisotopic (exact) mass is 397 g/mol. The van der Waals surface area contributed by atoms with Crippen molar-refractivity contribution >= 4 is 11.7 Å². The van der Waals surface area contributed by atoms with E-state index in [9.17, 15) is 9.18 Å². The molecule has 2 aromatic rings. The molecule has 1 unspecified atom stereocenters. The van der Waals surface area contributed by atoms with Crippen LogP contribution < -0.4 is 10.6 Å². The molecule has 5 rings (SSSR count). The van der Waals surface area contributed by atoms with Gasteiger partial charge in [0.1, 0.15) is 11.6 Å². The van der Waals surface area contributed by atoms with Crippen LogP contribution in [0.5, 0.6) is 0 Å². The number of nitrogens with zero attached hydrogens (tertiary/aromatic N) is 3. The number of rotatable bonds is 3. The Labute approximate surface area is 170 Å². The van der Waals surface area contributed by atoms with Crippen LogP contribution in [-0.4, -0.2) is 26.8 Å². The zero-order valence-corrected chi connectivity index (χ0v) is 16.7. The number of urea groups is 1. The Morgan fingerprint density at radius 1 is 1.10 bits per heavy atom. The molecule has 2 fully saturated rings. The lowest BCUT2D eigenvalue weighted by atomic mass is 9.86. The number of halogens is 1. The Morgan fingerprint density at radius 3 is 2.79 bits per heavy atom. The van der Waals surface area contributed by atoms with Gasteiger partial charge in [-0.25, -0.2) is 9.18 Å². The molecule has 29 heavy (non-hydrogen) atoms. The maximum atomic E-state index is 14.4. The molecule has 0 bridgehead atoms. The Balaban J connectivity index is 1.30. The van der Waals surface area contributed by atoms with Gasteiger partial charge in [-0.15, -0.1) is 10.2 Å². The van der Waals surface area contributed by atoms with Crippen molar-refractivity contribution in [3.8, 4) is 11.4 Å². The number of aromatic nitrogens is 3. The lowest BCUT2D eigenvalue weighted by molar-refractivity contribution is 0.246. The Morgan fingerprint density at radius 2 is 1.93 bits per heavy atom. The van der Waals surface area contributed by atoms with Gasteiger partial charge in [0.15, 0.2) is 5.82 Å². The standard InChI is InChI=1S/C22H28FN5O/c23-16-9-8-15(20-27-26-19-7-3-1-6-12-28(19)20)13-17(16)24-21(29)25-18-14-22(18)10-4-2-5-11-22/h8-9,13,18H,1-7,10-12,14H2,(H2,24,25,29). The number of aryl methyl sites for hydroxylation is 1. The predicted octanol–water partition coefficient (Wildman–Crippen LogP) is 4.65. The average molecular weight is 397 g/mol. The van der Waals surface area contributed by atoms with E-state index in [2.05, 4.69) is 25.4 Å². The molecular formula is C22H28FN5O. The SMILES string of the molecule is O=C(Nc1cc(-c2nnc3n2CCCCC3)ccc1F)NC1CC12CCCCC2. The molecule has 1 aromatic carbocycles. The smallest absolute Gasteiger partial charge is 0.319 e. The summed E-state index contributed by atoms with van der Waals surface area (Å²) >= 11 is 0. The molecule has 0 radical (unpaired) electrons. The largest absolute Gasteiger partial charge is 0.335 e. The van der Waals surface area contributed by atoms with Crippen LogP contribution in [0.25, 0.3) is 11.4 Å². The van der Waals surface area contributed by atoms with Crippen LogP contribution in [0.3, 0.4) is 0 Å². The van der Waals surface area contributed by atoms with E-state index >= 15 is 0 Å². The van der Waals surface area contributed by atoms with Crippen LogP contribution in [0.15, 0.2) is 18.2 Å². The van der Waals surface area contributed by atoms with Gasteiger partial charge < -0.3 is 15.2 Å². The normalized spacial score (nSPS) is 22.6. The van der Waals surface area contributed by atoms with Crippen LogP contribution in [0.2, 0.25) is 0 Å². The number of anilines is 1. The Bertz CT molecular complexity index is 918. The molecule has 1 aliphatic heterocycles. The number of nitrogens with one attached hydrogen (secondary N) is 2. The van der Waals surface area contributed by atoms with Gasteiger partial charge in [0.05, 0.1) is 5.69 Å². The molecule has 1 aromatic heterocycles. The van der Waals surface area contributed by atoms with Crippen molar-refractivity contribution in [1.29, 1.82) is 0 Å². The minimum atomic E-state index is -0.442. The van der Waals surface area contributed by atoms with E-state index in [1.165, 1.54) is 44.6 Å².